The Bertz CT molecular complexity index is 413. The Morgan fingerprint density at radius 1 is 1.71 bits per heavy atom. The maximum Gasteiger partial charge on any atom is 0.139 e. The number of nitrogens with zero attached hydrogens (tertiary/aromatic N) is 3. The Hall–Kier alpha value is -1.83. The summed E-state index contributed by atoms with van der Waals surface area (Å²) in [5.41, 5.74) is 6.38. The van der Waals surface area contributed by atoms with E-state index in [2.05, 4.69) is 5.10 Å². The number of nitriles is 1. The molecular formula is C9H12N4O. The van der Waals surface area contributed by atoms with E-state index in [1.807, 2.05) is 6.07 Å². The number of hydrogen-bond acceptors (Lipinski definition) is 4. The first kappa shape index (κ1) is 10.3. The third-order valence-electron chi connectivity index (χ3n) is 2.25. The van der Waals surface area contributed by atoms with E-state index in [4.69, 9.17) is 11.0 Å². The Labute approximate surface area is 82.1 Å². The topological polar surface area (TPSA) is 84.7 Å². The Balaban J connectivity index is 3.29. The SMILES string of the molecule is CC(=O)C(C)c1nn(C)c(N)c1C#N. The van der Waals surface area contributed by atoms with Gasteiger partial charge in [-0.3, -0.25) is 9.48 Å². The lowest BCUT2D eigenvalue weighted by Crippen LogP contribution is -2.07. The summed E-state index contributed by atoms with van der Waals surface area (Å²) < 4.78 is 1.41. The predicted octanol–water partition coefficient (Wildman–Crippen LogP) is 0.566. The highest BCUT2D eigenvalue weighted by atomic mass is 16.1. The van der Waals surface area contributed by atoms with E-state index in [-0.39, 0.29) is 11.7 Å². The van der Waals surface area contributed by atoms with E-state index in [0.717, 1.165) is 0 Å². The summed E-state index contributed by atoms with van der Waals surface area (Å²) in [6.07, 6.45) is 0. The summed E-state index contributed by atoms with van der Waals surface area (Å²) in [7, 11) is 1.65. The summed E-state index contributed by atoms with van der Waals surface area (Å²) in [6.45, 7) is 3.18. The lowest BCUT2D eigenvalue weighted by atomic mass is 10.0. The number of aryl methyl sites for hydroxylation is 1. The first-order chi connectivity index (χ1) is 6.49. The van der Waals surface area contributed by atoms with Gasteiger partial charge in [-0.1, -0.05) is 0 Å². The number of aromatic nitrogens is 2. The van der Waals surface area contributed by atoms with Crippen molar-refractivity contribution in [3.63, 3.8) is 0 Å². The highest BCUT2D eigenvalue weighted by molar-refractivity contribution is 5.83. The van der Waals surface area contributed by atoms with Gasteiger partial charge in [0.15, 0.2) is 0 Å². The average Bonchev–Trinajstić information content (AvgIpc) is 2.41. The predicted molar refractivity (Wildman–Crippen MR) is 51.4 cm³/mol. The van der Waals surface area contributed by atoms with E-state index < -0.39 is 0 Å². The van der Waals surface area contributed by atoms with Crippen molar-refractivity contribution in [2.24, 2.45) is 7.05 Å². The highest BCUT2D eigenvalue weighted by Gasteiger charge is 2.21. The van der Waals surface area contributed by atoms with Crippen molar-refractivity contribution < 1.29 is 4.79 Å². The number of ketones is 1. The van der Waals surface area contributed by atoms with Gasteiger partial charge in [0.05, 0.1) is 11.6 Å². The minimum atomic E-state index is -0.381. The fourth-order valence-electron chi connectivity index (χ4n) is 1.17. The summed E-state index contributed by atoms with van der Waals surface area (Å²) in [6, 6.07) is 1.96. The van der Waals surface area contributed by atoms with Crippen LogP contribution in [0.5, 0.6) is 0 Å². The lowest BCUT2D eigenvalue weighted by molar-refractivity contribution is -0.118. The van der Waals surface area contributed by atoms with E-state index in [1.54, 1.807) is 14.0 Å². The second-order valence-corrected chi connectivity index (χ2v) is 3.21. The number of nitrogen functional groups attached to an aromatic ring is 1. The maximum atomic E-state index is 11.1. The van der Waals surface area contributed by atoms with Crippen LogP contribution >= 0.6 is 0 Å². The molecule has 0 spiro atoms. The molecule has 1 rings (SSSR count). The second-order valence-electron chi connectivity index (χ2n) is 3.21. The van der Waals surface area contributed by atoms with Gasteiger partial charge in [-0.2, -0.15) is 10.4 Å². The smallest absolute Gasteiger partial charge is 0.139 e. The monoisotopic (exact) mass is 192 g/mol. The molecule has 1 heterocycles. The highest BCUT2D eigenvalue weighted by Crippen LogP contribution is 2.22. The molecule has 1 aromatic heterocycles. The largest absolute Gasteiger partial charge is 0.383 e. The standard InChI is InChI=1S/C9H12N4O/c1-5(6(2)14)8-7(4-10)9(11)13(3)12-8/h5H,11H2,1-3H3. The Morgan fingerprint density at radius 2 is 2.29 bits per heavy atom. The number of rotatable bonds is 2. The molecule has 5 nitrogen and oxygen atoms in total. The average molecular weight is 192 g/mol. The van der Waals surface area contributed by atoms with Gasteiger partial charge in [0, 0.05) is 7.05 Å². The van der Waals surface area contributed by atoms with Gasteiger partial charge in [0.25, 0.3) is 0 Å². The molecule has 1 unspecified atom stereocenters. The third-order valence-corrected chi connectivity index (χ3v) is 2.25. The van der Waals surface area contributed by atoms with Crippen LogP contribution in [0.1, 0.15) is 31.0 Å². The zero-order valence-electron chi connectivity index (χ0n) is 8.40. The molecule has 14 heavy (non-hydrogen) atoms. The minimum absolute atomic E-state index is 0.0281. The molecule has 1 aromatic rings. The summed E-state index contributed by atoms with van der Waals surface area (Å²) in [4.78, 5) is 11.1. The van der Waals surface area contributed by atoms with Crippen LogP contribution in [0.2, 0.25) is 0 Å². The van der Waals surface area contributed by atoms with Crippen LogP contribution in [0.3, 0.4) is 0 Å². The number of carbonyl (C=O) groups is 1. The summed E-state index contributed by atoms with van der Waals surface area (Å²) >= 11 is 0. The molecule has 0 bridgehead atoms. The van der Waals surface area contributed by atoms with Crippen LogP contribution in [-0.2, 0) is 11.8 Å². The Morgan fingerprint density at radius 3 is 2.71 bits per heavy atom. The molecule has 0 aliphatic carbocycles. The van der Waals surface area contributed by atoms with Crippen LogP contribution in [0.4, 0.5) is 5.82 Å². The van der Waals surface area contributed by atoms with E-state index in [9.17, 15) is 4.79 Å². The van der Waals surface area contributed by atoms with Crippen LogP contribution in [-0.4, -0.2) is 15.6 Å². The zero-order chi connectivity index (χ0) is 10.9. The van der Waals surface area contributed by atoms with Gasteiger partial charge in [-0.15, -0.1) is 0 Å². The third kappa shape index (κ3) is 1.46. The van der Waals surface area contributed by atoms with Crippen molar-refractivity contribution in [2.75, 3.05) is 5.73 Å². The molecule has 0 amide bonds. The maximum absolute atomic E-state index is 11.1. The first-order valence-corrected chi connectivity index (χ1v) is 4.22. The first-order valence-electron chi connectivity index (χ1n) is 4.22. The number of Topliss-reactive ketones (excluding diaryl/α,β-unsaturated/α-hetero) is 1. The zero-order valence-corrected chi connectivity index (χ0v) is 8.40. The van der Waals surface area contributed by atoms with Crippen LogP contribution < -0.4 is 5.73 Å². The Kier molecular flexibility index (Phi) is 2.56. The molecule has 0 saturated heterocycles. The van der Waals surface area contributed by atoms with E-state index in [0.29, 0.717) is 17.1 Å². The van der Waals surface area contributed by atoms with Gasteiger partial charge < -0.3 is 5.73 Å². The van der Waals surface area contributed by atoms with Gasteiger partial charge in [0.1, 0.15) is 23.2 Å². The van der Waals surface area contributed by atoms with E-state index >= 15 is 0 Å². The van der Waals surface area contributed by atoms with Crippen molar-refractivity contribution in [2.45, 2.75) is 19.8 Å². The van der Waals surface area contributed by atoms with Crippen LogP contribution in [0.15, 0.2) is 0 Å². The molecule has 0 aliphatic rings. The molecule has 0 fully saturated rings. The van der Waals surface area contributed by atoms with Gasteiger partial charge >= 0.3 is 0 Å². The number of anilines is 1. The summed E-state index contributed by atoms with van der Waals surface area (Å²) in [5, 5.41) is 12.9. The van der Waals surface area contributed by atoms with Crippen LogP contribution in [0.25, 0.3) is 0 Å². The molecule has 2 N–H and O–H groups in total. The number of carbonyl (C=O) groups excluding carboxylic acids is 1. The molecule has 74 valence electrons. The molecule has 0 aromatic carbocycles. The van der Waals surface area contributed by atoms with Crippen molar-refractivity contribution in [3.8, 4) is 6.07 Å². The number of hydrogen-bond donors (Lipinski definition) is 1. The molecule has 0 aliphatic heterocycles. The fourth-order valence-corrected chi connectivity index (χ4v) is 1.17. The van der Waals surface area contributed by atoms with Gasteiger partial charge in [-0.05, 0) is 13.8 Å². The molecule has 5 heteroatoms. The molecule has 0 radical (unpaired) electrons. The molecule has 1 atom stereocenters. The van der Waals surface area contributed by atoms with Crippen molar-refractivity contribution in [1.82, 2.24) is 9.78 Å². The van der Waals surface area contributed by atoms with Crippen LogP contribution in [0, 0.1) is 11.3 Å². The van der Waals surface area contributed by atoms with Crippen molar-refractivity contribution in [1.29, 1.82) is 5.26 Å². The van der Waals surface area contributed by atoms with Gasteiger partial charge in [-0.25, -0.2) is 0 Å². The summed E-state index contributed by atoms with van der Waals surface area (Å²) in [5.74, 6) is -0.108. The lowest BCUT2D eigenvalue weighted by Gasteiger charge is -2.02. The van der Waals surface area contributed by atoms with Crippen molar-refractivity contribution in [3.05, 3.63) is 11.3 Å². The quantitative estimate of drug-likeness (QED) is 0.742. The minimum Gasteiger partial charge on any atom is -0.383 e. The van der Waals surface area contributed by atoms with E-state index in [1.165, 1.54) is 11.6 Å². The number of nitrogens with two attached hydrogens (primary N) is 1. The van der Waals surface area contributed by atoms with Crippen molar-refractivity contribution >= 4 is 11.6 Å². The molecular weight excluding hydrogens is 180 g/mol. The normalized spacial score (nSPS) is 12.1. The fraction of sp³-hybridized carbons (Fsp3) is 0.444. The van der Waals surface area contributed by atoms with Gasteiger partial charge in [0.2, 0.25) is 0 Å². The molecule has 0 saturated carbocycles. The second kappa shape index (κ2) is 3.50.